The molecule has 0 aliphatic carbocycles. The number of carboxylic acid groups (broad SMARTS) is 1. The standard InChI is InChI=1S/C13H21NO3/c1-5-10(6-2)14(4)8-11-7-12(13(15)16)9(3)17-11/h7,10H,5-6,8H2,1-4H3,(H,15,16). The van der Waals surface area contributed by atoms with Gasteiger partial charge in [0.05, 0.1) is 6.54 Å². The average molecular weight is 239 g/mol. The summed E-state index contributed by atoms with van der Waals surface area (Å²) in [5, 5.41) is 8.94. The molecule has 0 amide bonds. The summed E-state index contributed by atoms with van der Waals surface area (Å²) in [6.07, 6.45) is 2.16. The minimum absolute atomic E-state index is 0.262. The van der Waals surface area contributed by atoms with E-state index in [0.717, 1.165) is 12.8 Å². The zero-order valence-corrected chi connectivity index (χ0v) is 11.0. The highest BCUT2D eigenvalue weighted by Gasteiger charge is 2.17. The normalized spacial score (nSPS) is 11.4. The molecular formula is C13H21NO3. The van der Waals surface area contributed by atoms with Crippen molar-refractivity contribution in [2.24, 2.45) is 0 Å². The van der Waals surface area contributed by atoms with E-state index in [0.29, 0.717) is 24.1 Å². The highest BCUT2D eigenvalue weighted by Crippen LogP contribution is 2.18. The fourth-order valence-corrected chi connectivity index (χ4v) is 2.12. The smallest absolute Gasteiger partial charge is 0.339 e. The van der Waals surface area contributed by atoms with Crippen molar-refractivity contribution < 1.29 is 14.3 Å². The van der Waals surface area contributed by atoms with Gasteiger partial charge in [-0.15, -0.1) is 0 Å². The number of aryl methyl sites for hydroxylation is 1. The molecule has 4 nitrogen and oxygen atoms in total. The van der Waals surface area contributed by atoms with Gasteiger partial charge in [0.25, 0.3) is 0 Å². The number of rotatable bonds is 6. The summed E-state index contributed by atoms with van der Waals surface area (Å²) in [4.78, 5) is 13.1. The highest BCUT2D eigenvalue weighted by atomic mass is 16.4. The lowest BCUT2D eigenvalue weighted by Crippen LogP contribution is -2.29. The fourth-order valence-electron chi connectivity index (χ4n) is 2.12. The van der Waals surface area contributed by atoms with E-state index in [9.17, 15) is 4.79 Å². The fraction of sp³-hybridized carbons (Fsp3) is 0.615. The molecule has 0 fully saturated rings. The Kier molecular flexibility index (Phi) is 4.75. The summed E-state index contributed by atoms with van der Waals surface area (Å²) < 4.78 is 5.46. The third-order valence-electron chi connectivity index (χ3n) is 3.17. The maximum atomic E-state index is 10.9. The maximum Gasteiger partial charge on any atom is 0.339 e. The predicted molar refractivity (Wildman–Crippen MR) is 66.2 cm³/mol. The van der Waals surface area contributed by atoms with E-state index in [2.05, 4.69) is 18.7 Å². The molecule has 0 atom stereocenters. The molecule has 0 aromatic carbocycles. The summed E-state index contributed by atoms with van der Waals surface area (Å²) in [6.45, 7) is 6.64. The van der Waals surface area contributed by atoms with Crippen molar-refractivity contribution in [3.05, 3.63) is 23.2 Å². The number of aromatic carboxylic acids is 1. The molecular weight excluding hydrogens is 218 g/mol. The molecule has 0 aliphatic heterocycles. The van der Waals surface area contributed by atoms with Gasteiger partial charge in [-0.2, -0.15) is 0 Å². The predicted octanol–water partition coefficient (Wildman–Crippen LogP) is 2.91. The zero-order valence-electron chi connectivity index (χ0n) is 11.0. The van der Waals surface area contributed by atoms with Crippen LogP contribution >= 0.6 is 0 Å². The molecule has 1 N–H and O–H groups in total. The third-order valence-corrected chi connectivity index (χ3v) is 3.17. The van der Waals surface area contributed by atoms with Gasteiger partial charge in [-0.05, 0) is 32.9 Å². The molecule has 17 heavy (non-hydrogen) atoms. The Morgan fingerprint density at radius 2 is 2.06 bits per heavy atom. The highest BCUT2D eigenvalue weighted by molar-refractivity contribution is 5.88. The Morgan fingerprint density at radius 1 is 1.47 bits per heavy atom. The first-order valence-electron chi connectivity index (χ1n) is 6.02. The molecule has 0 saturated carbocycles. The molecule has 1 aromatic rings. The number of furan rings is 1. The lowest BCUT2D eigenvalue weighted by molar-refractivity contribution is 0.0695. The van der Waals surface area contributed by atoms with Gasteiger partial charge in [0, 0.05) is 6.04 Å². The molecule has 1 aromatic heterocycles. The van der Waals surface area contributed by atoms with Gasteiger partial charge < -0.3 is 9.52 Å². The van der Waals surface area contributed by atoms with E-state index < -0.39 is 5.97 Å². The number of nitrogens with zero attached hydrogens (tertiary/aromatic N) is 1. The summed E-state index contributed by atoms with van der Waals surface area (Å²) >= 11 is 0. The van der Waals surface area contributed by atoms with Crippen LogP contribution in [0.5, 0.6) is 0 Å². The number of hydrogen-bond acceptors (Lipinski definition) is 3. The molecule has 96 valence electrons. The second-order valence-corrected chi connectivity index (χ2v) is 4.37. The maximum absolute atomic E-state index is 10.9. The molecule has 0 spiro atoms. The first-order valence-corrected chi connectivity index (χ1v) is 6.02. The van der Waals surface area contributed by atoms with Gasteiger partial charge in [0.2, 0.25) is 0 Å². The van der Waals surface area contributed by atoms with Crippen LogP contribution in [-0.2, 0) is 6.54 Å². The summed E-state index contributed by atoms with van der Waals surface area (Å²) in [6, 6.07) is 2.13. The first-order chi connectivity index (χ1) is 7.99. The number of carboxylic acids is 1. The summed E-state index contributed by atoms with van der Waals surface area (Å²) in [7, 11) is 2.04. The number of hydrogen-bond donors (Lipinski definition) is 1. The van der Waals surface area contributed by atoms with Crippen molar-refractivity contribution in [3.63, 3.8) is 0 Å². The van der Waals surface area contributed by atoms with Crippen molar-refractivity contribution in [2.75, 3.05) is 7.05 Å². The van der Waals surface area contributed by atoms with Gasteiger partial charge in [-0.1, -0.05) is 13.8 Å². The summed E-state index contributed by atoms with van der Waals surface area (Å²) in [5.41, 5.74) is 0.262. The minimum Gasteiger partial charge on any atom is -0.478 e. The number of carbonyl (C=O) groups is 1. The van der Waals surface area contributed by atoms with E-state index in [1.54, 1.807) is 13.0 Å². The first kappa shape index (κ1) is 13.8. The van der Waals surface area contributed by atoms with E-state index in [1.807, 2.05) is 7.05 Å². The molecule has 0 bridgehead atoms. The Morgan fingerprint density at radius 3 is 2.47 bits per heavy atom. The largest absolute Gasteiger partial charge is 0.478 e. The lowest BCUT2D eigenvalue weighted by atomic mass is 10.1. The SMILES string of the molecule is CCC(CC)N(C)Cc1cc(C(=O)O)c(C)o1. The van der Waals surface area contributed by atoms with Crippen LogP contribution in [0.15, 0.2) is 10.5 Å². The van der Waals surface area contributed by atoms with Crippen molar-refractivity contribution in [3.8, 4) is 0 Å². The molecule has 0 radical (unpaired) electrons. The van der Waals surface area contributed by atoms with Crippen molar-refractivity contribution >= 4 is 5.97 Å². The van der Waals surface area contributed by atoms with Crippen molar-refractivity contribution in [1.82, 2.24) is 4.90 Å². The second kappa shape index (κ2) is 5.87. The molecule has 0 unspecified atom stereocenters. The molecule has 4 heteroatoms. The lowest BCUT2D eigenvalue weighted by Gasteiger charge is -2.24. The molecule has 0 saturated heterocycles. The van der Waals surface area contributed by atoms with E-state index >= 15 is 0 Å². The van der Waals surface area contributed by atoms with Gasteiger partial charge in [-0.25, -0.2) is 4.79 Å². The van der Waals surface area contributed by atoms with Crippen LogP contribution < -0.4 is 0 Å². The van der Waals surface area contributed by atoms with Crippen LogP contribution in [0.3, 0.4) is 0 Å². The van der Waals surface area contributed by atoms with Crippen LogP contribution in [0.1, 0.15) is 48.6 Å². The topological polar surface area (TPSA) is 53.7 Å². The van der Waals surface area contributed by atoms with Crippen molar-refractivity contribution in [1.29, 1.82) is 0 Å². The van der Waals surface area contributed by atoms with E-state index in [1.165, 1.54) is 0 Å². The van der Waals surface area contributed by atoms with Gasteiger partial charge in [0.1, 0.15) is 17.1 Å². The van der Waals surface area contributed by atoms with Crippen LogP contribution in [0, 0.1) is 6.92 Å². The van der Waals surface area contributed by atoms with Gasteiger partial charge in [-0.3, -0.25) is 4.90 Å². The Balaban J connectivity index is 2.75. The second-order valence-electron chi connectivity index (χ2n) is 4.37. The minimum atomic E-state index is -0.928. The van der Waals surface area contributed by atoms with Crippen molar-refractivity contribution in [2.45, 2.75) is 46.2 Å². The zero-order chi connectivity index (χ0) is 13.0. The van der Waals surface area contributed by atoms with Gasteiger partial charge >= 0.3 is 5.97 Å². The van der Waals surface area contributed by atoms with Gasteiger partial charge in [0.15, 0.2) is 0 Å². The summed E-state index contributed by atoms with van der Waals surface area (Å²) in [5.74, 6) is 0.266. The Hall–Kier alpha value is -1.29. The quantitative estimate of drug-likeness (QED) is 0.829. The monoisotopic (exact) mass is 239 g/mol. The van der Waals surface area contributed by atoms with E-state index in [-0.39, 0.29) is 5.56 Å². The Bertz CT molecular complexity index is 380. The van der Waals surface area contributed by atoms with Crippen LogP contribution in [0.25, 0.3) is 0 Å². The van der Waals surface area contributed by atoms with E-state index in [4.69, 9.17) is 9.52 Å². The molecule has 1 rings (SSSR count). The molecule has 1 heterocycles. The van der Waals surface area contributed by atoms with Crippen LogP contribution in [0.2, 0.25) is 0 Å². The Labute approximate surface area is 102 Å². The average Bonchev–Trinajstić information content (AvgIpc) is 2.61. The molecule has 0 aliphatic rings. The van der Waals surface area contributed by atoms with Crippen LogP contribution in [0.4, 0.5) is 0 Å². The third kappa shape index (κ3) is 3.33. The van der Waals surface area contributed by atoms with Crippen LogP contribution in [-0.4, -0.2) is 29.1 Å².